The molecule has 0 radical (unpaired) electrons. The summed E-state index contributed by atoms with van der Waals surface area (Å²) >= 11 is 6.12. The van der Waals surface area contributed by atoms with Gasteiger partial charge in [-0.05, 0) is 55.5 Å². The second kappa shape index (κ2) is 8.90. The topological polar surface area (TPSA) is 67.4 Å². The molecule has 3 aromatic rings. The standard InChI is InChI=1S/C23H26ClN5O/c1-17-15-21(26-29(17)23(30)18-5-7-20(25)8-6-18)9-10-27-11-13-28(14-12-27)22-4-2-3-19(24)16-22/h2-8,15-16H,9-14,25H2,1H3. The van der Waals surface area contributed by atoms with E-state index >= 15 is 0 Å². The molecule has 0 aliphatic carbocycles. The van der Waals surface area contributed by atoms with E-state index in [1.54, 1.807) is 24.3 Å². The van der Waals surface area contributed by atoms with Crippen LogP contribution in [0.15, 0.2) is 54.6 Å². The number of nitrogen functional groups attached to an aromatic ring is 1. The van der Waals surface area contributed by atoms with Crippen molar-refractivity contribution in [2.24, 2.45) is 0 Å². The van der Waals surface area contributed by atoms with Gasteiger partial charge in [0.05, 0.1) is 5.69 Å². The van der Waals surface area contributed by atoms with E-state index in [-0.39, 0.29) is 5.91 Å². The Morgan fingerprint density at radius 3 is 2.50 bits per heavy atom. The lowest BCUT2D eigenvalue weighted by atomic mass is 10.2. The molecule has 0 saturated carbocycles. The fraction of sp³-hybridized carbons (Fsp3) is 0.304. The molecule has 2 heterocycles. The summed E-state index contributed by atoms with van der Waals surface area (Å²) in [6.45, 7) is 6.78. The van der Waals surface area contributed by atoms with Crippen molar-refractivity contribution in [1.29, 1.82) is 0 Å². The largest absolute Gasteiger partial charge is 0.399 e. The lowest BCUT2D eigenvalue weighted by Gasteiger charge is -2.36. The number of aryl methyl sites for hydroxylation is 1. The van der Waals surface area contributed by atoms with Crippen molar-refractivity contribution >= 4 is 28.9 Å². The Kier molecular flexibility index (Phi) is 6.06. The van der Waals surface area contributed by atoms with Crippen molar-refractivity contribution in [3.8, 4) is 0 Å². The summed E-state index contributed by atoms with van der Waals surface area (Å²) in [5.74, 6) is -0.131. The number of nitrogens with two attached hydrogens (primary N) is 1. The van der Waals surface area contributed by atoms with Gasteiger partial charge < -0.3 is 10.6 Å². The third-order valence-corrected chi connectivity index (χ3v) is 5.75. The van der Waals surface area contributed by atoms with Crippen LogP contribution in [0.25, 0.3) is 0 Å². The van der Waals surface area contributed by atoms with Crippen LogP contribution in [0.3, 0.4) is 0 Å². The van der Waals surface area contributed by atoms with Crippen LogP contribution in [0.4, 0.5) is 11.4 Å². The Morgan fingerprint density at radius 2 is 1.80 bits per heavy atom. The molecule has 2 aromatic carbocycles. The minimum atomic E-state index is -0.131. The zero-order valence-corrected chi connectivity index (χ0v) is 17.8. The number of piperazine rings is 1. The second-order valence-corrected chi connectivity index (χ2v) is 8.11. The van der Waals surface area contributed by atoms with Gasteiger partial charge in [0, 0.05) is 66.8 Å². The first-order valence-corrected chi connectivity index (χ1v) is 10.6. The van der Waals surface area contributed by atoms with Crippen LogP contribution >= 0.6 is 11.6 Å². The number of aromatic nitrogens is 2. The average molecular weight is 424 g/mol. The minimum absolute atomic E-state index is 0.131. The molecular formula is C23H26ClN5O. The number of benzene rings is 2. The number of carbonyl (C=O) groups is 1. The van der Waals surface area contributed by atoms with Gasteiger partial charge in [0.2, 0.25) is 0 Å². The van der Waals surface area contributed by atoms with Crippen LogP contribution in [0, 0.1) is 6.92 Å². The summed E-state index contributed by atoms with van der Waals surface area (Å²) in [5.41, 5.74) is 9.89. The molecule has 0 unspecified atom stereocenters. The average Bonchev–Trinajstić information content (AvgIpc) is 3.13. The third-order valence-electron chi connectivity index (χ3n) is 5.52. The van der Waals surface area contributed by atoms with E-state index in [1.807, 2.05) is 31.2 Å². The Bertz CT molecular complexity index is 1020. The molecule has 6 nitrogen and oxygen atoms in total. The summed E-state index contributed by atoms with van der Waals surface area (Å²) in [4.78, 5) is 17.5. The van der Waals surface area contributed by atoms with Gasteiger partial charge in [0.25, 0.3) is 5.91 Å². The van der Waals surface area contributed by atoms with Gasteiger partial charge in [-0.3, -0.25) is 9.69 Å². The molecule has 2 N–H and O–H groups in total. The molecule has 0 spiro atoms. The van der Waals surface area contributed by atoms with Crippen LogP contribution in [-0.4, -0.2) is 53.3 Å². The Balaban J connectivity index is 1.32. The van der Waals surface area contributed by atoms with Gasteiger partial charge in [0.1, 0.15) is 0 Å². The summed E-state index contributed by atoms with van der Waals surface area (Å²) in [5, 5.41) is 5.32. The maximum Gasteiger partial charge on any atom is 0.278 e. The molecule has 30 heavy (non-hydrogen) atoms. The van der Waals surface area contributed by atoms with E-state index in [1.165, 1.54) is 10.4 Å². The maximum atomic E-state index is 12.7. The SMILES string of the molecule is Cc1cc(CCN2CCN(c3cccc(Cl)c3)CC2)nn1C(=O)c1ccc(N)cc1. The number of anilines is 2. The van der Waals surface area contributed by atoms with Crippen molar-refractivity contribution in [3.05, 3.63) is 76.6 Å². The van der Waals surface area contributed by atoms with Crippen LogP contribution in [-0.2, 0) is 6.42 Å². The third kappa shape index (κ3) is 4.66. The highest BCUT2D eigenvalue weighted by Crippen LogP contribution is 2.21. The molecule has 0 atom stereocenters. The Labute approximate surface area is 181 Å². The molecule has 0 amide bonds. The normalized spacial score (nSPS) is 14.8. The summed E-state index contributed by atoms with van der Waals surface area (Å²) in [7, 11) is 0. The van der Waals surface area contributed by atoms with Crippen LogP contribution in [0.1, 0.15) is 21.7 Å². The van der Waals surface area contributed by atoms with Gasteiger partial charge in [-0.2, -0.15) is 5.10 Å². The monoisotopic (exact) mass is 423 g/mol. The first-order valence-electron chi connectivity index (χ1n) is 10.2. The molecule has 1 saturated heterocycles. The number of rotatable bonds is 5. The Morgan fingerprint density at radius 1 is 1.07 bits per heavy atom. The smallest absolute Gasteiger partial charge is 0.278 e. The van der Waals surface area contributed by atoms with E-state index in [9.17, 15) is 4.79 Å². The number of carbonyl (C=O) groups excluding carboxylic acids is 1. The Hall–Kier alpha value is -2.83. The van der Waals surface area contributed by atoms with Crippen molar-refractivity contribution in [1.82, 2.24) is 14.7 Å². The van der Waals surface area contributed by atoms with Gasteiger partial charge in [-0.1, -0.05) is 17.7 Å². The molecule has 0 bridgehead atoms. The highest BCUT2D eigenvalue weighted by molar-refractivity contribution is 6.30. The molecular weight excluding hydrogens is 398 g/mol. The van der Waals surface area contributed by atoms with Gasteiger partial charge in [-0.15, -0.1) is 0 Å². The lowest BCUT2D eigenvalue weighted by molar-refractivity contribution is 0.0942. The number of halogens is 1. The highest BCUT2D eigenvalue weighted by atomic mass is 35.5. The van der Waals surface area contributed by atoms with Crippen molar-refractivity contribution in [2.75, 3.05) is 43.4 Å². The first kappa shape index (κ1) is 20.4. The van der Waals surface area contributed by atoms with Crippen LogP contribution < -0.4 is 10.6 Å². The molecule has 4 rings (SSSR count). The van der Waals surface area contributed by atoms with Crippen LogP contribution in [0.2, 0.25) is 5.02 Å². The fourth-order valence-corrected chi connectivity index (χ4v) is 3.97. The number of hydrogen-bond donors (Lipinski definition) is 1. The van der Waals surface area contributed by atoms with Gasteiger partial charge in [-0.25, -0.2) is 4.68 Å². The van der Waals surface area contributed by atoms with E-state index in [2.05, 4.69) is 21.0 Å². The summed E-state index contributed by atoms with van der Waals surface area (Å²) < 4.78 is 1.48. The van der Waals surface area contributed by atoms with E-state index < -0.39 is 0 Å². The number of hydrogen-bond acceptors (Lipinski definition) is 5. The van der Waals surface area contributed by atoms with E-state index in [4.69, 9.17) is 17.3 Å². The molecule has 156 valence electrons. The predicted octanol–water partition coefficient (Wildman–Crippen LogP) is 3.48. The van der Waals surface area contributed by atoms with Gasteiger partial charge >= 0.3 is 0 Å². The zero-order valence-electron chi connectivity index (χ0n) is 17.1. The molecule has 7 heteroatoms. The highest BCUT2D eigenvalue weighted by Gasteiger charge is 2.19. The molecule has 1 aliphatic rings. The first-order chi connectivity index (χ1) is 14.5. The molecule has 1 aromatic heterocycles. The van der Waals surface area contributed by atoms with E-state index in [0.29, 0.717) is 11.3 Å². The lowest BCUT2D eigenvalue weighted by Crippen LogP contribution is -2.47. The summed E-state index contributed by atoms with van der Waals surface area (Å²) in [6.07, 6.45) is 0.819. The van der Waals surface area contributed by atoms with Gasteiger partial charge in [0.15, 0.2) is 0 Å². The zero-order chi connectivity index (χ0) is 21.1. The summed E-state index contributed by atoms with van der Waals surface area (Å²) in [6, 6.07) is 17.0. The minimum Gasteiger partial charge on any atom is -0.399 e. The number of nitrogens with zero attached hydrogens (tertiary/aromatic N) is 4. The molecule has 1 aliphatic heterocycles. The van der Waals surface area contributed by atoms with Crippen molar-refractivity contribution < 1.29 is 4.79 Å². The van der Waals surface area contributed by atoms with E-state index in [0.717, 1.165) is 55.6 Å². The molecule has 1 fully saturated rings. The maximum absolute atomic E-state index is 12.7. The quantitative estimate of drug-likeness (QED) is 0.636. The van der Waals surface area contributed by atoms with Crippen LogP contribution in [0.5, 0.6) is 0 Å². The predicted molar refractivity (Wildman–Crippen MR) is 121 cm³/mol. The second-order valence-electron chi connectivity index (χ2n) is 7.67. The van der Waals surface area contributed by atoms with Crippen molar-refractivity contribution in [2.45, 2.75) is 13.3 Å². The van der Waals surface area contributed by atoms with Crippen molar-refractivity contribution in [3.63, 3.8) is 0 Å². The fourth-order valence-electron chi connectivity index (χ4n) is 3.79.